The van der Waals surface area contributed by atoms with Crippen LogP contribution in [0.2, 0.25) is 0 Å². The Labute approximate surface area is 233 Å². The lowest BCUT2D eigenvalue weighted by molar-refractivity contribution is -0.130. The number of hydrogen-bond donors (Lipinski definition) is 2. The Morgan fingerprint density at radius 1 is 1.18 bits per heavy atom. The molecule has 2 unspecified atom stereocenters. The van der Waals surface area contributed by atoms with Crippen LogP contribution < -0.4 is 10.6 Å². The second kappa shape index (κ2) is 15.0. The van der Waals surface area contributed by atoms with E-state index in [-0.39, 0.29) is 46.3 Å². The first-order valence-corrected chi connectivity index (χ1v) is 12.5. The number of halogens is 1. The molecule has 2 N–H and O–H groups in total. The minimum atomic E-state index is -0.592. The highest BCUT2D eigenvalue weighted by Crippen LogP contribution is 2.26. The van der Waals surface area contributed by atoms with Gasteiger partial charge in [0.05, 0.1) is 17.4 Å². The Morgan fingerprint density at radius 2 is 1.82 bits per heavy atom. The monoisotopic (exact) mass is 547 g/mol. The number of aryl methyl sites for hydroxylation is 1. The Kier molecular flexibility index (Phi) is 11.9. The lowest BCUT2D eigenvalue weighted by Gasteiger charge is -2.41. The largest absolute Gasteiger partial charge is 0.363 e. The van der Waals surface area contributed by atoms with Gasteiger partial charge in [0.1, 0.15) is 6.07 Å². The van der Waals surface area contributed by atoms with E-state index >= 15 is 0 Å². The quantitative estimate of drug-likeness (QED) is 0.275. The van der Waals surface area contributed by atoms with Gasteiger partial charge in [-0.25, -0.2) is 9.37 Å². The maximum atomic E-state index is 14.7. The number of pyridine rings is 2. The second-order valence-corrected chi connectivity index (χ2v) is 9.29. The third-order valence-electron chi connectivity index (χ3n) is 6.27. The zero-order valence-electron chi connectivity index (χ0n) is 23.1. The van der Waals surface area contributed by atoms with Crippen LogP contribution in [0.25, 0.3) is 0 Å². The first kappa shape index (κ1) is 31.5. The van der Waals surface area contributed by atoms with Gasteiger partial charge in [-0.3, -0.25) is 19.4 Å². The highest BCUT2D eigenvalue weighted by molar-refractivity contribution is 5.91. The van der Waals surface area contributed by atoms with Crippen molar-refractivity contribution >= 4 is 35.8 Å². The summed E-state index contributed by atoms with van der Waals surface area (Å²) in [5.41, 5.74) is 2.26. The molecule has 1 saturated heterocycles. The summed E-state index contributed by atoms with van der Waals surface area (Å²) in [5.74, 6) is -0.228. The van der Waals surface area contributed by atoms with Gasteiger partial charge in [-0.05, 0) is 45.1 Å². The Hall–Kier alpha value is -4.69. The Bertz CT molecular complexity index is 1290. The fourth-order valence-corrected chi connectivity index (χ4v) is 4.08. The van der Waals surface area contributed by atoms with Crippen molar-refractivity contribution in [2.45, 2.75) is 32.4 Å². The number of nitriles is 1. The number of carbonyl (C=O) groups excluding carboxylic acids is 3. The molecular weight excluding hydrogens is 513 g/mol. The Balaban J connectivity index is 0.000000478. The third-order valence-corrected chi connectivity index (χ3v) is 6.27. The van der Waals surface area contributed by atoms with E-state index in [2.05, 4.69) is 33.8 Å². The SMILES string of the molecule is C=C/C(C=O)=C(\C=C)C=O.CC(=O)N1CCC(Nc2nc(Nc3cncc(C)c3)c(C#N)cc2F)C(N(C)C)C1. The number of likely N-dealkylation sites (N-methyl/N-ethyl adjacent to an activating group) is 1. The van der Waals surface area contributed by atoms with Crippen LogP contribution in [-0.2, 0) is 14.4 Å². The van der Waals surface area contributed by atoms with Crippen LogP contribution in [0.5, 0.6) is 0 Å². The van der Waals surface area contributed by atoms with Gasteiger partial charge in [-0.2, -0.15) is 5.26 Å². The van der Waals surface area contributed by atoms with Gasteiger partial charge in [-0.1, -0.05) is 25.3 Å². The number of aromatic nitrogens is 2. The highest BCUT2D eigenvalue weighted by Gasteiger charge is 2.32. The number of amides is 1. The molecule has 0 aliphatic carbocycles. The summed E-state index contributed by atoms with van der Waals surface area (Å²) in [6, 6.07) is 4.92. The normalized spacial score (nSPS) is 16.9. The van der Waals surface area contributed by atoms with Crippen LogP contribution in [-0.4, -0.2) is 77.5 Å². The molecule has 0 aromatic carbocycles. The molecule has 210 valence electrons. The number of hydrogen-bond acceptors (Lipinski definition) is 9. The van der Waals surface area contributed by atoms with Gasteiger partial charge < -0.3 is 20.4 Å². The van der Waals surface area contributed by atoms with Crippen molar-refractivity contribution in [2.75, 3.05) is 37.8 Å². The molecule has 2 aromatic rings. The smallest absolute Gasteiger partial charge is 0.219 e. The summed E-state index contributed by atoms with van der Waals surface area (Å²) in [6.07, 6.45) is 7.77. The van der Waals surface area contributed by atoms with Gasteiger partial charge >= 0.3 is 0 Å². The number of aldehydes is 2. The summed E-state index contributed by atoms with van der Waals surface area (Å²) in [6.45, 7) is 11.3. The van der Waals surface area contributed by atoms with Gasteiger partial charge in [-0.15, -0.1) is 0 Å². The predicted molar refractivity (Wildman–Crippen MR) is 152 cm³/mol. The highest BCUT2D eigenvalue weighted by atomic mass is 19.1. The number of likely N-dealkylation sites (tertiary alicyclic amines) is 1. The molecular formula is C29H34FN7O3. The minimum Gasteiger partial charge on any atom is -0.363 e. The van der Waals surface area contributed by atoms with Crippen molar-refractivity contribution < 1.29 is 18.8 Å². The van der Waals surface area contributed by atoms with Crippen molar-refractivity contribution in [3.63, 3.8) is 0 Å². The van der Waals surface area contributed by atoms with E-state index in [0.29, 0.717) is 37.8 Å². The van der Waals surface area contributed by atoms with Crippen LogP contribution in [0.1, 0.15) is 24.5 Å². The number of nitrogens with zero attached hydrogens (tertiary/aromatic N) is 5. The molecule has 3 heterocycles. The van der Waals surface area contributed by atoms with Crippen molar-refractivity contribution in [2.24, 2.45) is 0 Å². The molecule has 1 aliphatic rings. The molecule has 2 aromatic heterocycles. The molecule has 0 radical (unpaired) electrons. The Morgan fingerprint density at radius 3 is 2.33 bits per heavy atom. The van der Waals surface area contributed by atoms with Gasteiger partial charge in [0.15, 0.2) is 30.0 Å². The van der Waals surface area contributed by atoms with E-state index in [1.54, 1.807) is 24.2 Å². The maximum Gasteiger partial charge on any atom is 0.219 e. The molecule has 11 heteroatoms. The molecule has 0 saturated carbocycles. The van der Waals surface area contributed by atoms with Gasteiger partial charge in [0.25, 0.3) is 0 Å². The van der Waals surface area contributed by atoms with E-state index < -0.39 is 5.82 Å². The first-order chi connectivity index (χ1) is 19.1. The third kappa shape index (κ3) is 8.41. The van der Waals surface area contributed by atoms with Crippen LogP contribution >= 0.6 is 0 Å². The van der Waals surface area contributed by atoms with Crippen molar-refractivity contribution in [3.8, 4) is 6.07 Å². The van der Waals surface area contributed by atoms with Crippen molar-refractivity contribution in [1.82, 2.24) is 19.8 Å². The lowest BCUT2D eigenvalue weighted by atomic mass is 9.98. The standard InChI is InChI=1S/C21H26FN7O.C8H8O2/c1-13-7-16(11-24-10-13)25-20-15(9-23)8-17(22)21(27-20)26-18-5-6-29(14(2)30)12-19(18)28(3)4;1-3-7(5-9)8(4-2)6-10/h7-8,10-11,18-19H,5-6,12H2,1-4H3,(H2,25,26,27);3-6H,1-2H2/b;8-7-. The van der Waals surface area contributed by atoms with Crippen molar-refractivity contribution in [3.05, 3.63) is 77.9 Å². The fourth-order valence-electron chi connectivity index (χ4n) is 4.08. The molecule has 10 nitrogen and oxygen atoms in total. The second-order valence-electron chi connectivity index (χ2n) is 9.29. The molecule has 40 heavy (non-hydrogen) atoms. The van der Waals surface area contributed by atoms with Crippen LogP contribution in [0.4, 0.5) is 21.7 Å². The summed E-state index contributed by atoms with van der Waals surface area (Å²) in [4.78, 5) is 44.4. The van der Waals surface area contributed by atoms with Crippen LogP contribution in [0, 0.1) is 24.1 Å². The van der Waals surface area contributed by atoms with Gasteiger partial charge in [0.2, 0.25) is 5.91 Å². The molecule has 1 fully saturated rings. The topological polar surface area (TPSA) is 131 Å². The van der Waals surface area contributed by atoms with Crippen molar-refractivity contribution in [1.29, 1.82) is 5.26 Å². The van der Waals surface area contributed by atoms with E-state index in [9.17, 15) is 24.0 Å². The molecule has 0 bridgehead atoms. The molecule has 2 atom stereocenters. The molecule has 0 spiro atoms. The predicted octanol–water partition coefficient (Wildman–Crippen LogP) is 3.56. The first-order valence-electron chi connectivity index (χ1n) is 12.5. The zero-order valence-corrected chi connectivity index (χ0v) is 23.1. The summed E-state index contributed by atoms with van der Waals surface area (Å²) >= 11 is 0. The van der Waals surface area contributed by atoms with E-state index in [1.807, 2.05) is 38.1 Å². The summed E-state index contributed by atoms with van der Waals surface area (Å²) in [5, 5.41) is 15.7. The van der Waals surface area contributed by atoms with E-state index in [0.717, 1.165) is 5.56 Å². The molecule has 3 rings (SSSR count). The number of allylic oxidation sites excluding steroid dienone is 4. The van der Waals surface area contributed by atoms with Crippen LogP contribution in [0.15, 0.2) is 61.0 Å². The zero-order chi connectivity index (χ0) is 29.8. The number of piperidine rings is 1. The van der Waals surface area contributed by atoms with Crippen LogP contribution in [0.3, 0.4) is 0 Å². The summed E-state index contributed by atoms with van der Waals surface area (Å²) < 4.78 is 14.7. The van der Waals surface area contributed by atoms with Gasteiger partial charge in [0, 0.05) is 49.4 Å². The lowest BCUT2D eigenvalue weighted by Crippen LogP contribution is -2.56. The van der Waals surface area contributed by atoms with E-state index in [1.165, 1.54) is 18.2 Å². The fraction of sp³-hybridized carbons (Fsp3) is 0.310. The summed E-state index contributed by atoms with van der Waals surface area (Å²) in [7, 11) is 3.87. The number of nitrogens with one attached hydrogen (secondary N) is 2. The number of carbonyl (C=O) groups is 3. The average molecular weight is 548 g/mol. The number of anilines is 3. The average Bonchev–Trinajstić information content (AvgIpc) is 2.93. The number of rotatable bonds is 9. The molecule has 1 aliphatic heterocycles. The van der Waals surface area contributed by atoms with E-state index in [4.69, 9.17) is 0 Å². The molecule has 1 amide bonds. The maximum absolute atomic E-state index is 14.7. The minimum absolute atomic E-state index is 0.00289.